The molecule has 1 fully saturated rings. The topological polar surface area (TPSA) is 82.8 Å². The maximum atomic E-state index is 10.9. The molecule has 0 bridgehead atoms. The van der Waals surface area contributed by atoms with Crippen molar-refractivity contribution >= 4 is 6.09 Å². The van der Waals surface area contributed by atoms with Crippen molar-refractivity contribution in [1.82, 2.24) is 4.90 Å². The molecule has 118 valence electrons. The molecular formula is C16H20N2O4. The smallest absolute Gasteiger partial charge is 0.407 e. The Balaban J connectivity index is 1.97. The molecule has 1 amide bonds. The number of methoxy groups -OCH3 is 1. The van der Waals surface area contributed by atoms with Crippen molar-refractivity contribution in [3.05, 3.63) is 23.8 Å². The summed E-state index contributed by atoms with van der Waals surface area (Å²) in [5.74, 6) is 1.55. The maximum Gasteiger partial charge on any atom is 0.407 e. The van der Waals surface area contributed by atoms with Crippen LogP contribution >= 0.6 is 0 Å². The second-order valence-corrected chi connectivity index (χ2v) is 5.31. The molecule has 1 aliphatic heterocycles. The Labute approximate surface area is 129 Å². The molecule has 2 rings (SSSR count). The number of ether oxygens (including phenoxy) is 2. The fourth-order valence-corrected chi connectivity index (χ4v) is 2.60. The summed E-state index contributed by atoms with van der Waals surface area (Å²) < 4.78 is 11.2. The van der Waals surface area contributed by atoms with E-state index in [2.05, 4.69) is 6.07 Å². The normalized spacial score (nSPS) is 15.2. The lowest BCUT2D eigenvalue weighted by molar-refractivity contribution is 0.111. The van der Waals surface area contributed by atoms with Crippen LogP contribution in [0.25, 0.3) is 0 Å². The molecule has 6 nitrogen and oxygen atoms in total. The highest BCUT2D eigenvalue weighted by atomic mass is 16.5. The van der Waals surface area contributed by atoms with Gasteiger partial charge in [-0.05, 0) is 24.8 Å². The molecule has 0 aliphatic carbocycles. The number of hydrogen-bond donors (Lipinski definition) is 1. The highest BCUT2D eigenvalue weighted by molar-refractivity contribution is 5.64. The molecule has 6 heteroatoms. The Bertz CT molecular complexity index is 560. The van der Waals surface area contributed by atoms with Crippen molar-refractivity contribution in [3.8, 4) is 17.6 Å². The first-order valence-electron chi connectivity index (χ1n) is 7.29. The summed E-state index contributed by atoms with van der Waals surface area (Å²) in [5.41, 5.74) is 0.810. The Morgan fingerprint density at radius 1 is 1.45 bits per heavy atom. The van der Waals surface area contributed by atoms with Gasteiger partial charge in [-0.1, -0.05) is 12.1 Å². The van der Waals surface area contributed by atoms with Gasteiger partial charge in [0.15, 0.2) is 11.5 Å². The van der Waals surface area contributed by atoms with Gasteiger partial charge in [0, 0.05) is 18.7 Å². The third kappa shape index (κ3) is 3.82. The summed E-state index contributed by atoms with van der Waals surface area (Å²) in [5, 5.41) is 17.8. The molecule has 0 spiro atoms. The molecule has 0 aromatic heterocycles. The van der Waals surface area contributed by atoms with Crippen LogP contribution in [-0.4, -0.2) is 42.9 Å². The number of rotatable bonds is 5. The van der Waals surface area contributed by atoms with Crippen LogP contribution in [0.3, 0.4) is 0 Å². The Morgan fingerprint density at radius 2 is 2.18 bits per heavy atom. The van der Waals surface area contributed by atoms with Crippen LogP contribution in [0.4, 0.5) is 4.79 Å². The van der Waals surface area contributed by atoms with Crippen LogP contribution in [0, 0.1) is 17.2 Å². The van der Waals surface area contributed by atoms with Gasteiger partial charge in [-0.2, -0.15) is 5.26 Å². The Kier molecular flexibility index (Phi) is 5.48. The number of carboxylic acid groups (broad SMARTS) is 1. The molecular weight excluding hydrogens is 284 g/mol. The van der Waals surface area contributed by atoms with E-state index >= 15 is 0 Å². The predicted octanol–water partition coefficient (Wildman–Crippen LogP) is 2.53. The van der Waals surface area contributed by atoms with Crippen LogP contribution in [0.1, 0.15) is 18.4 Å². The van der Waals surface area contributed by atoms with Crippen molar-refractivity contribution in [2.75, 3.05) is 26.8 Å². The lowest BCUT2D eigenvalue weighted by atomic mass is 9.98. The third-order valence-electron chi connectivity index (χ3n) is 3.90. The van der Waals surface area contributed by atoms with E-state index in [-0.39, 0.29) is 6.42 Å². The monoisotopic (exact) mass is 304 g/mol. The summed E-state index contributed by atoms with van der Waals surface area (Å²) in [4.78, 5) is 12.3. The number of nitrogens with zero attached hydrogens (tertiary/aromatic N) is 2. The number of hydrogen-bond acceptors (Lipinski definition) is 4. The van der Waals surface area contributed by atoms with Crippen LogP contribution in [-0.2, 0) is 6.42 Å². The van der Waals surface area contributed by atoms with Crippen molar-refractivity contribution in [3.63, 3.8) is 0 Å². The van der Waals surface area contributed by atoms with Gasteiger partial charge in [-0.3, -0.25) is 0 Å². The van der Waals surface area contributed by atoms with Gasteiger partial charge in [0.25, 0.3) is 0 Å². The van der Waals surface area contributed by atoms with Gasteiger partial charge in [0.2, 0.25) is 0 Å². The second kappa shape index (κ2) is 7.55. The van der Waals surface area contributed by atoms with Gasteiger partial charge < -0.3 is 19.5 Å². The molecule has 1 aliphatic rings. The van der Waals surface area contributed by atoms with Crippen LogP contribution in [0.5, 0.6) is 11.5 Å². The number of carbonyl (C=O) groups is 1. The zero-order chi connectivity index (χ0) is 15.9. The summed E-state index contributed by atoms with van der Waals surface area (Å²) in [6.45, 7) is 1.59. The van der Waals surface area contributed by atoms with Gasteiger partial charge in [-0.25, -0.2) is 4.79 Å². The van der Waals surface area contributed by atoms with E-state index < -0.39 is 6.09 Å². The number of amides is 1. The average molecular weight is 304 g/mol. The lowest BCUT2D eigenvalue weighted by Gasteiger charge is -2.30. The van der Waals surface area contributed by atoms with Crippen molar-refractivity contribution in [2.24, 2.45) is 5.92 Å². The minimum atomic E-state index is -0.861. The maximum absolute atomic E-state index is 10.9. The van der Waals surface area contributed by atoms with E-state index in [9.17, 15) is 4.79 Å². The third-order valence-corrected chi connectivity index (χ3v) is 3.90. The molecule has 1 heterocycles. The summed E-state index contributed by atoms with van der Waals surface area (Å²) >= 11 is 0. The number of para-hydroxylation sites is 1. The van der Waals surface area contributed by atoms with Crippen LogP contribution in [0.15, 0.2) is 18.2 Å². The standard InChI is InChI=1S/C16H20N2O4/c1-21-14-4-2-3-13(5-8-17)15(14)22-11-12-6-9-18(10-7-12)16(19)20/h2-4,12H,5-7,9-11H2,1H3,(H,19,20). The first kappa shape index (κ1) is 16.0. The minimum Gasteiger partial charge on any atom is -0.493 e. The molecule has 1 aromatic carbocycles. The van der Waals surface area contributed by atoms with Crippen molar-refractivity contribution in [1.29, 1.82) is 5.26 Å². The zero-order valence-electron chi connectivity index (χ0n) is 12.6. The van der Waals surface area contributed by atoms with Crippen LogP contribution < -0.4 is 9.47 Å². The largest absolute Gasteiger partial charge is 0.493 e. The fourth-order valence-electron chi connectivity index (χ4n) is 2.60. The average Bonchev–Trinajstić information content (AvgIpc) is 2.54. The van der Waals surface area contributed by atoms with E-state index in [4.69, 9.17) is 19.8 Å². The molecule has 22 heavy (non-hydrogen) atoms. The minimum absolute atomic E-state index is 0.268. The SMILES string of the molecule is COc1cccc(CC#N)c1OCC1CCN(C(=O)O)CC1. The molecule has 0 radical (unpaired) electrons. The van der Waals surface area contributed by atoms with Gasteiger partial charge in [0.05, 0.1) is 26.2 Å². The Morgan fingerprint density at radius 3 is 2.77 bits per heavy atom. The summed E-state index contributed by atoms with van der Waals surface area (Å²) in [7, 11) is 1.57. The molecule has 0 atom stereocenters. The molecule has 1 N–H and O–H groups in total. The molecule has 0 saturated carbocycles. The second-order valence-electron chi connectivity index (χ2n) is 5.31. The molecule has 1 saturated heterocycles. The van der Waals surface area contributed by atoms with E-state index in [0.717, 1.165) is 18.4 Å². The van der Waals surface area contributed by atoms with E-state index in [1.807, 2.05) is 18.2 Å². The number of piperidine rings is 1. The van der Waals surface area contributed by atoms with Gasteiger partial charge in [-0.15, -0.1) is 0 Å². The van der Waals surface area contributed by atoms with Crippen molar-refractivity contribution < 1.29 is 19.4 Å². The van der Waals surface area contributed by atoms with E-state index in [0.29, 0.717) is 37.1 Å². The number of likely N-dealkylation sites (tertiary alicyclic amines) is 1. The first-order valence-corrected chi connectivity index (χ1v) is 7.29. The first-order chi connectivity index (χ1) is 10.7. The van der Waals surface area contributed by atoms with Gasteiger partial charge >= 0.3 is 6.09 Å². The summed E-state index contributed by atoms with van der Waals surface area (Å²) in [6, 6.07) is 7.63. The predicted molar refractivity (Wildman–Crippen MR) is 80.1 cm³/mol. The molecule has 0 unspecified atom stereocenters. The highest BCUT2D eigenvalue weighted by Crippen LogP contribution is 2.32. The molecule has 1 aromatic rings. The zero-order valence-corrected chi connectivity index (χ0v) is 12.6. The van der Waals surface area contributed by atoms with Crippen LogP contribution in [0.2, 0.25) is 0 Å². The number of benzene rings is 1. The highest BCUT2D eigenvalue weighted by Gasteiger charge is 2.23. The van der Waals surface area contributed by atoms with Crippen molar-refractivity contribution in [2.45, 2.75) is 19.3 Å². The number of nitriles is 1. The quantitative estimate of drug-likeness (QED) is 0.903. The van der Waals surface area contributed by atoms with E-state index in [1.165, 1.54) is 4.90 Å². The summed E-state index contributed by atoms with van der Waals surface area (Å²) in [6.07, 6.45) is 0.981. The fraction of sp³-hybridized carbons (Fsp3) is 0.500. The van der Waals surface area contributed by atoms with E-state index in [1.54, 1.807) is 7.11 Å². The van der Waals surface area contributed by atoms with Gasteiger partial charge in [0.1, 0.15) is 0 Å². The Hall–Kier alpha value is -2.42. The lowest BCUT2D eigenvalue weighted by Crippen LogP contribution is -2.38.